The van der Waals surface area contributed by atoms with E-state index in [1.165, 1.54) is 0 Å². The van der Waals surface area contributed by atoms with Crippen molar-refractivity contribution in [1.82, 2.24) is 5.32 Å². The van der Waals surface area contributed by atoms with Gasteiger partial charge in [-0.2, -0.15) is 5.26 Å². The highest BCUT2D eigenvalue weighted by Gasteiger charge is 1.91. The van der Waals surface area contributed by atoms with Gasteiger partial charge in [-0.3, -0.25) is 0 Å². The van der Waals surface area contributed by atoms with Gasteiger partial charge in [0.1, 0.15) is 0 Å². The molecule has 0 aliphatic heterocycles. The summed E-state index contributed by atoms with van der Waals surface area (Å²) in [7, 11) is 0. The van der Waals surface area contributed by atoms with Gasteiger partial charge in [0.25, 0.3) is 0 Å². The van der Waals surface area contributed by atoms with E-state index in [4.69, 9.17) is 10.00 Å². The highest BCUT2D eigenvalue weighted by Crippen LogP contribution is 1.88. The zero-order valence-electron chi connectivity index (χ0n) is 7.26. The van der Waals surface area contributed by atoms with Crippen molar-refractivity contribution >= 4 is 0 Å². The predicted molar refractivity (Wildman–Crippen MR) is 44.2 cm³/mol. The summed E-state index contributed by atoms with van der Waals surface area (Å²) < 4.78 is 5.30. The molecule has 3 heteroatoms. The van der Waals surface area contributed by atoms with Gasteiger partial charge >= 0.3 is 0 Å². The summed E-state index contributed by atoms with van der Waals surface area (Å²) in [4.78, 5) is 0. The van der Waals surface area contributed by atoms with E-state index in [1.807, 2.05) is 19.9 Å². The molecule has 1 N–H and O–H groups in total. The second-order valence-corrected chi connectivity index (χ2v) is 2.61. The minimum Gasteiger partial charge on any atom is -0.379 e. The molecule has 0 rings (SSSR count). The Balaban J connectivity index is 2.86. The van der Waals surface area contributed by atoms with Gasteiger partial charge in [-0.15, -0.1) is 0 Å². The van der Waals surface area contributed by atoms with Crippen LogP contribution in [0, 0.1) is 11.3 Å². The van der Waals surface area contributed by atoms with Gasteiger partial charge in [0.15, 0.2) is 0 Å². The lowest BCUT2D eigenvalue weighted by Gasteiger charge is -2.06. The number of nitrogens with zero attached hydrogens (tertiary/aromatic N) is 1. The molecule has 0 bridgehead atoms. The molecule has 0 fully saturated rings. The molecule has 0 saturated carbocycles. The summed E-state index contributed by atoms with van der Waals surface area (Å²) in [5.74, 6) is 0. The van der Waals surface area contributed by atoms with Crippen molar-refractivity contribution in [2.75, 3.05) is 19.7 Å². The summed E-state index contributed by atoms with van der Waals surface area (Å²) in [5, 5.41) is 11.1. The van der Waals surface area contributed by atoms with Crippen LogP contribution in [0.5, 0.6) is 0 Å². The number of hydrogen-bond donors (Lipinski definition) is 1. The average molecular weight is 156 g/mol. The molecule has 0 radical (unpaired) electrons. The molecule has 0 saturated heterocycles. The number of nitrogens with one attached hydrogen (secondary N) is 1. The third-order valence-corrected chi connectivity index (χ3v) is 1.15. The predicted octanol–water partition coefficient (Wildman–Crippen LogP) is 0.915. The van der Waals surface area contributed by atoms with Crippen LogP contribution < -0.4 is 5.32 Å². The number of nitriles is 1. The van der Waals surface area contributed by atoms with Crippen LogP contribution in [0.4, 0.5) is 0 Å². The van der Waals surface area contributed by atoms with E-state index >= 15 is 0 Å². The summed E-state index contributed by atoms with van der Waals surface area (Å²) >= 11 is 0. The molecule has 0 aromatic carbocycles. The maximum absolute atomic E-state index is 8.17. The molecular formula is C8H16N2O. The zero-order valence-corrected chi connectivity index (χ0v) is 7.26. The number of rotatable bonds is 6. The Bertz CT molecular complexity index is 118. The van der Waals surface area contributed by atoms with Crippen molar-refractivity contribution in [3.05, 3.63) is 0 Å². The average Bonchev–Trinajstić information content (AvgIpc) is 1.96. The Hall–Kier alpha value is -0.590. The van der Waals surface area contributed by atoms with E-state index in [-0.39, 0.29) is 0 Å². The fourth-order valence-corrected chi connectivity index (χ4v) is 0.660. The van der Waals surface area contributed by atoms with Gasteiger partial charge in [-0.1, -0.05) is 0 Å². The van der Waals surface area contributed by atoms with Gasteiger partial charge in [0.2, 0.25) is 0 Å². The molecule has 0 heterocycles. The first kappa shape index (κ1) is 10.4. The van der Waals surface area contributed by atoms with Crippen molar-refractivity contribution < 1.29 is 4.74 Å². The van der Waals surface area contributed by atoms with E-state index in [0.717, 1.165) is 19.6 Å². The topological polar surface area (TPSA) is 45.0 Å². The van der Waals surface area contributed by atoms with E-state index in [9.17, 15) is 0 Å². The van der Waals surface area contributed by atoms with Crippen molar-refractivity contribution in [2.24, 2.45) is 0 Å². The summed E-state index contributed by atoms with van der Waals surface area (Å²) in [6.45, 7) is 6.10. The largest absolute Gasteiger partial charge is 0.379 e. The fraction of sp³-hybridized carbons (Fsp3) is 0.875. The van der Waals surface area contributed by atoms with Crippen LogP contribution in [-0.4, -0.2) is 25.8 Å². The SMILES string of the molecule is CC(C)OCCCNCC#N. The molecule has 64 valence electrons. The molecule has 0 spiro atoms. The van der Waals surface area contributed by atoms with E-state index in [1.54, 1.807) is 0 Å². The monoisotopic (exact) mass is 156 g/mol. The standard InChI is InChI=1S/C8H16N2O/c1-8(2)11-7-3-5-10-6-4-9/h8,10H,3,5-7H2,1-2H3. The third-order valence-electron chi connectivity index (χ3n) is 1.15. The van der Waals surface area contributed by atoms with Crippen molar-refractivity contribution in [2.45, 2.75) is 26.4 Å². The Labute approximate surface area is 68.3 Å². The van der Waals surface area contributed by atoms with Gasteiger partial charge in [0, 0.05) is 6.61 Å². The second kappa shape index (κ2) is 7.52. The van der Waals surface area contributed by atoms with Crippen LogP contribution in [-0.2, 0) is 4.74 Å². The molecule has 3 nitrogen and oxygen atoms in total. The smallest absolute Gasteiger partial charge is 0.0840 e. The van der Waals surface area contributed by atoms with Gasteiger partial charge in [-0.05, 0) is 26.8 Å². The second-order valence-electron chi connectivity index (χ2n) is 2.61. The molecule has 11 heavy (non-hydrogen) atoms. The highest BCUT2D eigenvalue weighted by atomic mass is 16.5. The lowest BCUT2D eigenvalue weighted by Crippen LogP contribution is -2.17. The molecule has 0 amide bonds. The molecule has 0 aromatic heterocycles. The number of ether oxygens (including phenoxy) is 1. The van der Waals surface area contributed by atoms with Gasteiger partial charge < -0.3 is 10.1 Å². The van der Waals surface area contributed by atoms with E-state index in [0.29, 0.717) is 12.6 Å². The van der Waals surface area contributed by atoms with Crippen LogP contribution in [0.25, 0.3) is 0 Å². The normalized spacial score (nSPS) is 10.0. The Morgan fingerprint density at radius 2 is 2.27 bits per heavy atom. The maximum Gasteiger partial charge on any atom is 0.0840 e. The summed E-state index contributed by atoms with van der Waals surface area (Å²) in [6.07, 6.45) is 1.28. The first-order valence-corrected chi connectivity index (χ1v) is 3.96. The molecule has 0 atom stereocenters. The van der Waals surface area contributed by atoms with Gasteiger partial charge in [0.05, 0.1) is 18.7 Å². The first-order chi connectivity index (χ1) is 5.27. The quantitative estimate of drug-likeness (QED) is 0.459. The van der Waals surface area contributed by atoms with E-state index in [2.05, 4.69) is 5.32 Å². The first-order valence-electron chi connectivity index (χ1n) is 3.96. The van der Waals surface area contributed by atoms with Crippen molar-refractivity contribution in [1.29, 1.82) is 5.26 Å². The zero-order chi connectivity index (χ0) is 8.53. The molecular weight excluding hydrogens is 140 g/mol. The van der Waals surface area contributed by atoms with Crippen molar-refractivity contribution in [3.63, 3.8) is 0 Å². The highest BCUT2D eigenvalue weighted by molar-refractivity contribution is 4.72. The van der Waals surface area contributed by atoms with Crippen LogP contribution in [0.2, 0.25) is 0 Å². The lowest BCUT2D eigenvalue weighted by molar-refractivity contribution is 0.0772. The Morgan fingerprint density at radius 1 is 1.55 bits per heavy atom. The summed E-state index contributed by atoms with van der Waals surface area (Å²) in [6, 6.07) is 2.02. The summed E-state index contributed by atoms with van der Waals surface area (Å²) in [5.41, 5.74) is 0. The molecule has 0 aromatic rings. The van der Waals surface area contributed by atoms with Crippen LogP contribution in [0.1, 0.15) is 20.3 Å². The lowest BCUT2D eigenvalue weighted by atomic mass is 10.4. The third kappa shape index (κ3) is 9.41. The minimum atomic E-state index is 0.311. The maximum atomic E-state index is 8.17. The minimum absolute atomic E-state index is 0.311. The number of hydrogen-bond acceptors (Lipinski definition) is 3. The Kier molecular flexibility index (Phi) is 7.11. The fourth-order valence-electron chi connectivity index (χ4n) is 0.660. The molecule has 0 unspecified atom stereocenters. The van der Waals surface area contributed by atoms with Crippen molar-refractivity contribution in [3.8, 4) is 6.07 Å². The van der Waals surface area contributed by atoms with Crippen LogP contribution in [0.15, 0.2) is 0 Å². The molecule has 0 aliphatic carbocycles. The van der Waals surface area contributed by atoms with E-state index < -0.39 is 0 Å². The van der Waals surface area contributed by atoms with Gasteiger partial charge in [-0.25, -0.2) is 0 Å². The van der Waals surface area contributed by atoms with Crippen LogP contribution in [0.3, 0.4) is 0 Å². The molecule has 0 aliphatic rings. The van der Waals surface area contributed by atoms with Crippen LogP contribution >= 0.6 is 0 Å². The Morgan fingerprint density at radius 3 is 2.82 bits per heavy atom.